The standard InChI is InChI=1S/C11H16N4/c1-2-3-10-8-13-15-14-11(10)9-4-6-12-7-5-9/h2,8-9,12H,1,3-7H2. The molecule has 0 spiro atoms. The van der Waals surface area contributed by atoms with Crippen LogP contribution in [0.2, 0.25) is 0 Å². The lowest BCUT2D eigenvalue weighted by molar-refractivity contribution is 0.446. The van der Waals surface area contributed by atoms with Crippen LogP contribution in [-0.4, -0.2) is 28.5 Å². The number of hydrogen-bond donors (Lipinski definition) is 1. The van der Waals surface area contributed by atoms with Crippen molar-refractivity contribution in [3.05, 3.63) is 30.1 Å². The van der Waals surface area contributed by atoms with Gasteiger partial charge in [0.1, 0.15) is 0 Å². The molecule has 2 heterocycles. The molecule has 4 heteroatoms. The SMILES string of the molecule is C=CCc1cnnnc1C1CCNCC1. The average Bonchev–Trinajstić information content (AvgIpc) is 2.31. The summed E-state index contributed by atoms with van der Waals surface area (Å²) < 4.78 is 0. The molecular weight excluding hydrogens is 188 g/mol. The third kappa shape index (κ3) is 2.39. The maximum absolute atomic E-state index is 4.18. The fourth-order valence-electron chi connectivity index (χ4n) is 2.05. The Hall–Kier alpha value is -1.29. The largest absolute Gasteiger partial charge is 0.317 e. The van der Waals surface area contributed by atoms with Crippen LogP contribution in [0, 0.1) is 0 Å². The molecule has 0 bridgehead atoms. The van der Waals surface area contributed by atoms with Gasteiger partial charge in [0.25, 0.3) is 0 Å². The van der Waals surface area contributed by atoms with E-state index in [0.29, 0.717) is 5.92 Å². The maximum Gasteiger partial charge on any atom is 0.0731 e. The first kappa shape index (κ1) is 10.2. The number of allylic oxidation sites excluding steroid dienone is 1. The first-order valence-electron chi connectivity index (χ1n) is 5.40. The number of rotatable bonds is 3. The van der Waals surface area contributed by atoms with Gasteiger partial charge in [-0.25, -0.2) is 0 Å². The summed E-state index contributed by atoms with van der Waals surface area (Å²) in [7, 11) is 0. The molecule has 1 fully saturated rings. The summed E-state index contributed by atoms with van der Waals surface area (Å²) >= 11 is 0. The van der Waals surface area contributed by atoms with Crippen molar-refractivity contribution < 1.29 is 0 Å². The van der Waals surface area contributed by atoms with Crippen LogP contribution in [0.3, 0.4) is 0 Å². The Balaban J connectivity index is 2.20. The van der Waals surface area contributed by atoms with Crippen molar-refractivity contribution in [1.82, 2.24) is 20.7 Å². The van der Waals surface area contributed by atoms with Gasteiger partial charge in [-0.15, -0.1) is 16.8 Å². The predicted molar refractivity (Wildman–Crippen MR) is 58.6 cm³/mol. The maximum atomic E-state index is 4.18. The molecule has 1 aliphatic rings. The molecule has 0 saturated carbocycles. The van der Waals surface area contributed by atoms with Crippen molar-refractivity contribution in [1.29, 1.82) is 0 Å². The van der Waals surface area contributed by atoms with E-state index in [0.717, 1.165) is 38.0 Å². The summed E-state index contributed by atoms with van der Waals surface area (Å²) in [6, 6.07) is 0. The minimum atomic E-state index is 0.539. The zero-order valence-corrected chi connectivity index (χ0v) is 8.82. The molecule has 2 rings (SSSR count). The smallest absolute Gasteiger partial charge is 0.0731 e. The summed E-state index contributed by atoms with van der Waals surface area (Å²) in [5.41, 5.74) is 2.29. The number of hydrogen-bond acceptors (Lipinski definition) is 4. The van der Waals surface area contributed by atoms with E-state index in [1.54, 1.807) is 0 Å². The van der Waals surface area contributed by atoms with Crippen molar-refractivity contribution in [3.8, 4) is 0 Å². The van der Waals surface area contributed by atoms with E-state index in [4.69, 9.17) is 0 Å². The van der Waals surface area contributed by atoms with Crippen LogP contribution in [0.25, 0.3) is 0 Å². The van der Waals surface area contributed by atoms with E-state index in [9.17, 15) is 0 Å². The van der Waals surface area contributed by atoms with E-state index in [2.05, 4.69) is 27.3 Å². The van der Waals surface area contributed by atoms with Gasteiger partial charge < -0.3 is 5.32 Å². The highest BCUT2D eigenvalue weighted by molar-refractivity contribution is 5.21. The van der Waals surface area contributed by atoms with Gasteiger partial charge in [0, 0.05) is 5.92 Å². The van der Waals surface area contributed by atoms with Gasteiger partial charge in [0.2, 0.25) is 0 Å². The molecule has 1 aromatic heterocycles. The summed E-state index contributed by atoms with van der Waals surface area (Å²) in [4.78, 5) is 0. The Morgan fingerprint density at radius 1 is 1.47 bits per heavy atom. The lowest BCUT2D eigenvalue weighted by Gasteiger charge is -2.22. The first-order chi connectivity index (χ1) is 7.42. The molecule has 0 radical (unpaired) electrons. The molecule has 1 aliphatic heterocycles. The van der Waals surface area contributed by atoms with Gasteiger partial charge in [-0.3, -0.25) is 0 Å². The molecule has 4 nitrogen and oxygen atoms in total. The van der Waals surface area contributed by atoms with Crippen LogP contribution in [0.4, 0.5) is 0 Å². The second-order valence-electron chi connectivity index (χ2n) is 3.86. The van der Waals surface area contributed by atoms with Gasteiger partial charge in [0.05, 0.1) is 11.9 Å². The number of nitrogens with zero attached hydrogens (tertiary/aromatic N) is 3. The monoisotopic (exact) mass is 204 g/mol. The van der Waals surface area contributed by atoms with Crippen molar-refractivity contribution >= 4 is 0 Å². The third-order valence-corrected chi connectivity index (χ3v) is 2.84. The average molecular weight is 204 g/mol. The molecule has 0 amide bonds. The quantitative estimate of drug-likeness (QED) is 0.748. The lowest BCUT2D eigenvalue weighted by atomic mass is 9.91. The highest BCUT2D eigenvalue weighted by Gasteiger charge is 2.19. The predicted octanol–water partition coefficient (Wildman–Crippen LogP) is 1.07. The molecule has 1 N–H and O–H groups in total. The summed E-state index contributed by atoms with van der Waals surface area (Å²) in [5, 5.41) is 15.1. The Labute approximate surface area is 89.8 Å². The lowest BCUT2D eigenvalue weighted by Crippen LogP contribution is -2.27. The van der Waals surface area contributed by atoms with Crippen LogP contribution in [0.1, 0.15) is 30.0 Å². The second kappa shape index (κ2) is 4.98. The fourth-order valence-corrected chi connectivity index (χ4v) is 2.05. The Morgan fingerprint density at radius 3 is 3.00 bits per heavy atom. The Kier molecular flexibility index (Phi) is 3.40. The zero-order chi connectivity index (χ0) is 10.5. The summed E-state index contributed by atoms with van der Waals surface area (Å²) in [5.74, 6) is 0.539. The van der Waals surface area contributed by atoms with Crippen molar-refractivity contribution in [2.45, 2.75) is 25.2 Å². The molecule has 1 saturated heterocycles. The van der Waals surface area contributed by atoms with Crippen LogP contribution in [0.15, 0.2) is 18.9 Å². The number of piperidine rings is 1. The molecular formula is C11H16N4. The molecule has 0 aliphatic carbocycles. The van der Waals surface area contributed by atoms with E-state index in [1.165, 1.54) is 5.56 Å². The van der Waals surface area contributed by atoms with Gasteiger partial charge >= 0.3 is 0 Å². The molecule has 0 unspecified atom stereocenters. The summed E-state index contributed by atoms with van der Waals surface area (Å²) in [6.45, 7) is 5.90. The fraction of sp³-hybridized carbons (Fsp3) is 0.545. The third-order valence-electron chi connectivity index (χ3n) is 2.84. The number of aromatic nitrogens is 3. The van der Waals surface area contributed by atoms with Crippen LogP contribution >= 0.6 is 0 Å². The molecule has 15 heavy (non-hydrogen) atoms. The summed E-state index contributed by atoms with van der Waals surface area (Å²) in [6.07, 6.45) is 6.82. The van der Waals surface area contributed by atoms with Gasteiger partial charge in [-0.1, -0.05) is 6.08 Å². The normalized spacial score (nSPS) is 17.6. The van der Waals surface area contributed by atoms with Crippen LogP contribution in [-0.2, 0) is 6.42 Å². The highest BCUT2D eigenvalue weighted by Crippen LogP contribution is 2.25. The topological polar surface area (TPSA) is 50.7 Å². The van der Waals surface area contributed by atoms with Gasteiger partial charge in [-0.2, -0.15) is 0 Å². The van der Waals surface area contributed by atoms with E-state index >= 15 is 0 Å². The first-order valence-corrected chi connectivity index (χ1v) is 5.40. The minimum absolute atomic E-state index is 0.539. The van der Waals surface area contributed by atoms with Crippen LogP contribution < -0.4 is 5.32 Å². The Morgan fingerprint density at radius 2 is 2.27 bits per heavy atom. The van der Waals surface area contributed by atoms with Crippen molar-refractivity contribution in [2.75, 3.05) is 13.1 Å². The molecule has 0 atom stereocenters. The van der Waals surface area contributed by atoms with Gasteiger partial charge in [0.15, 0.2) is 0 Å². The van der Waals surface area contributed by atoms with Crippen molar-refractivity contribution in [3.63, 3.8) is 0 Å². The van der Waals surface area contributed by atoms with Crippen LogP contribution in [0.5, 0.6) is 0 Å². The second-order valence-corrected chi connectivity index (χ2v) is 3.86. The molecule has 80 valence electrons. The molecule has 0 aromatic carbocycles. The Bertz CT molecular complexity index is 331. The van der Waals surface area contributed by atoms with E-state index < -0.39 is 0 Å². The van der Waals surface area contributed by atoms with E-state index in [1.807, 2.05) is 12.3 Å². The van der Waals surface area contributed by atoms with E-state index in [-0.39, 0.29) is 0 Å². The zero-order valence-electron chi connectivity index (χ0n) is 8.82. The highest BCUT2D eigenvalue weighted by atomic mass is 15.3. The van der Waals surface area contributed by atoms with Crippen molar-refractivity contribution in [2.24, 2.45) is 0 Å². The molecule has 1 aromatic rings. The minimum Gasteiger partial charge on any atom is -0.317 e. The van der Waals surface area contributed by atoms with Gasteiger partial charge in [-0.05, 0) is 43.1 Å². The number of nitrogens with one attached hydrogen (secondary N) is 1.